The first kappa shape index (κ1) is 15.4. The Hall–Kier alpha value is -1.96. The molecule has 2 aromatic rings. The van der Waals surface area contributed by atoms with Crippen LogP contribution < -0.4 is 10.5 Å². The van der Waals surface area contributed by atoms with E-state index >= 15 is 0 Å². The molecule has 0 aliphatic carbocycles. The van der Waals surface area contributed by atoms with Gasteiger partial charge in [0.1, 0.15) is 17.3 Å². The molecule has 0 aliphatic rings. The summed E-state index contributed by atoms with van der Waals surface area (Å²) in [5.41, 5.74) is 3.82. The summed E-state index contributed by atoms with van der Waals surface area (Å²) < 4.78 is 58.0. The lowest BCUT2D eigenvalue weighted by molar-refractivity contribution is -0.143. The third kappa shape index (κ3) is 2.63. The number of nitrogens with zero attached hydrogens (tertiary/aromatic N) is 2. The highest BCUT2D eigenvalue weighted by Crippen LogP contribution is 2.41. The third-order valence-corrected chi connectivity index (χ3v) is 3.19. The van der Waals surface area contributed by atoms with Gasteiger partial charge in [-0.3, -0.25) is 4.68 Å². The Bertz CT molecular complexity index is 697. The number of nitrogens with two attached hydrogens (primary N) is 1. The van der Waals surface area contributed by atoms with Crippen molar-refractivity contribution < 1.29 is 22.3 Å². The van der Waals surface area contributed by atoms with Gasteiger partial charge in [0.25, 0.3) is 0 Å². The number of hydrogen-bond donors (Lipinski definition) is 1. The van der Waals surface area contributed by atoms with Gasteiger partial charge in [0, 0.05) is 18.7 Å². The molecule has 21 heavy (non-hydrogen) atoms. The first-order chi connectivity index (χ1) is 9.66. The van der Waals surface area contributed by atoms with Crippen LogP contribution in [0.1, 0.15) is 5.69 Å². The molecular formula is C12H10ClF4N3O. The van der Waals surface area contributed by atoms with Gasteiger partial charge in [0.2, 0.25) is 0 Å². The van der Waals surface area contributed by atoms with Crippen molar-refractivity contribution >= 4 is 17.3 Å². The van der Waals surface area contributed by atoms with Crippen LogP contribution in [0, 0.1) is 5.82 Å². The highest BCUT2D eigenvalue weighted by atomic mass is 35.5. The van der Waals surface area contributed by atoms with Crippen LogP contribution in [-0.2, 0) is 13.2 Å². The second-order valence-electron chi connectivity index (χ2n) is 4.21. The number of nitrogen functional groups attached to an aromatic ring is 1. The van der Waals surface area contributed by atoms with E-state index in [9.17, 15) is 17.6 Å². The molecule has 0 radical (unpaired) electrons. The van der Waals surface area contributed by atoms with Crippen LogP contribution in [0.5, 0.6) is 5.75 Å². The normalized spacial score (nSPS) is 11.8. The SMILES string of the molecule is COc1cc(-c2nn(C)c(C(F)(F)F)c2Cl)c(F)cc1N. The molecule has 0 spiro atoms. The van der Waals surface area contributed by atoms with Crippen molar-refractivity contribution in [1.82, 2.24) is 9.78 Å². The Labute approximate surface area is 122 Å². The van der Waals surface area contributed by atoms with Crippen molar-refractivity contribution in [3.63, 3.8) is 0 Å². The monoisotopic (exact) mass is 323 g/mol. The van der Waals surface area contributed by atoms with E-state index < -0.39 is 22.7 Å². The van der Waals surface area contributed by atoms with Crippen molar-refractivity contribution in [2.45, 2.75) is 6.18 Å². The number of rotatable bonds is 2. The third-order valence-electron chi connectivity index (χ3n) is 2.83. The predicted octanol–water partition coefficient (Wildman–Crippen LogP) is 3.49. The number of alkyl halides is 3. The van der Waals surface area contributed by atoms with Crippen LogP contribution in [0.15, 0.2) is 12.1 Å². The van der Waals surface area contributed by atoms with Gasteiger partial charge in [-0.2, -0.15) is 18.3 Å². The first-order valence-electron chi connectivity index (χ1n) is 5.60. The van der Waals surface area contributed by atoms with Gasteiger partial charge in [0.05, 0.1) is 17.8 Å². The maximum Gasteiger partial charge on any atom is 0.434 e. The van der Waals surface area contributed by atoms with Crippen molar-refractivity contribution in [3.8, 4) is 17.0 Å². The minimum absolute atomic E-state index is 0.0156. The van der Waals surface area contributed by atoms with Gasteiger partial charge in [-0.25, -0.2) is 4.39 Å². The molecule has 1 aromatic carbocycles. The Morgan fingerprint density at radius 3 is 2.43 bits per heavy atom. The molecule has 1 aromatic heterocycles. The average molecular weight is 324 g/mol. The van der Waals surface area contributed by atoms with Crippen LogP contribution >= 0.6 is 11.6 Å². The number of benzene rings is 1. The molecule has 4 nitrogen and oxygen atoms in total. The largest absolute Gasteiger partial charge is 0.495 e. The molecular weight excluding hydrogens is 314 g/mol. The molecule has 0 aliphatic heterocycles. The topological polar surface area (TPSA) is 53.1 Å². The van der Waals surface area contributed by atoms with Gasteiger partial charge in [-0.05, 0) is 6.07 Å². The molecule has 0 fully saturated rings. The number of anilines is 1. The quantitative estimate of drug-likeness (QED) is 0.680. The fourth-order valence-electron chi connectivity index (χ4n) is 1.91. The number of methoxy groups -OCH3 is 1. The summed E-state index contributed by atoms with van der Waals surface area (Å²) in [6.45, 7) is 0. The molecule has 0 saturated carbocycles. The maximum absolute atomic E-state index is 13.9. The molecule has 114 valence electrons. The second kappa shape index (κ2) is 5.10. The molecule has 0 atom stereocenters. The maximum atomic E-state index is 13.9. The number of halogens is 5. The second-order valence-corrected chi connectivity index (χ2v) is 4.58. The van der Waals surface area contributed by atoms with E-state index in [1.165, 1.54) is 7.11 Å². The molecule has 0 bridgehead atoms. The van der Waals surface area contributed by atoms with Crippen molar-refractivity contribution in [1.29, 1.82) is 0 Å². The van der Waals surface area contributed by atoms with Crippen molar-refractivity contribution in [3.05, 3.63) is 28.7 Å². The van der Waals surface area contributed by atoms with E-state index in [0.717, 1.165) is 19.2 Å². The zero-order chi connectivity index (χ0) is 15.9. The Kier molecular flexibility index (Phi) is 3.75. The Balaban J connectivity index is 2.69. The molecule has 0 unspecified atom stereocenters. The summed E-state index contributed by atoms with van der Waals surface area (Å²) in [4.78, 5) is 0. The lowest BCUT2D eigenvalue weighted by Crippen LogP contribution is -2.12. The van der Waals surface area contributed by atoms with Crippen molar-refractivity contribution in [2.75, 3.05) is 12.8 Å². The lowest BCUT2D eigenvalue weighted by Gasteiger charge is -2.08. The Morgan fingerprint density at radius 2 is 1.95 bits per heavy atom. The van der Waals surface area contributed by atoms with Crippen molar-refractivity contribution in [2.24, 2.45) is 7.05 Å². The highest BCUT2D eigenvalue weighted by molar-refractivity contribution is 6.33. The molecule has 2 rings (SSSR count). The van der Waals surface area contributed by atoms with Gasteiger partial charge in [-0.1, -0.05) is 11.6 Å². The highest BCUT2D eigenvalue weighted by Gasteiger charge is 2.39. The van der Waals surface area contributed by atoms with E-state index in [4.69, 9.17) is 22.1 Å². The summed E-state index contributed by atoms with van der Waals surface area (Å²) in [5.74, 6) is -0.733. The van der Waals surface area contributed by atoms with Gasteiger partial charge in [0.15, 0.2) is 5.69 Å². The van der Waals surface area contributed by atoms with Gasteiger partial charge < -0.3 is 10.5 Å². The van der Waals surface area contributed by atoms with E-state index in [0.29, 0.717) is 4.68 Å². The van der Waals surface area contributed by atoms with Crippen LogP contribution in [0.25, 0.3) is 11.3 Å². The molecule has 0 amide bonds. The minimum atomic E-state index is -4.70. The number of ether oxygens (including phenoxy) is 1. The standard InChI is InChI=1S/C12H10ClF4N3O/c1-20-11(12(15,16)17)9(13)10(19-20)5-3-8(21-2)7(18)4-6(5)14/h3-4H,18H2,1-2H3. The first-order valence-corrected chi connectivity index (χ1v) is 5.97. The summed E-state index contributed by atoms with van der Waals surface area (Å²) in [6, 6.07) is 2.09. The van der Waals surface area contributed by atoms with Crippen LogP contribution in [0.4, 0.5) is 23.2 Å². The summed E-state index contributed by atoms with van der Waals surface area (Å²) in [7, 11) is 2.37. The van der Waals surface area contributed by atoms with Crippen LogP contribution in [0.2, 0.25) is 5.02 Å². The number of hydrogen-bond acceptors (Lipinski definition) is 3. The zero-order valence-corrected chi connectivity index (χ0v) is 11.7. The van der Waals surface area contributed by atoms with Crippen LogP contribution in [0.3, 0.4) is 0 Å². The molecule has 0 saturated heterocycles. The lowest BCUT2D eigenvalue weighted by atomic mass is 10.1. The molecule has 9 heteroatoms. The fraction of sp³-hybridized carbons (Fsp3) is 0.250. The zero-order valence-electron chi connectivity index (χ0n) is 10.9. The van der Waals surface area contributed by atoms with E-state index in [1.54, 1.807) is 0 Å². The summed E-state index contributed by atoms with van der Waals surface area (Å²) in [6.07, 6.45) is -4.70. The summed E-state index contributed by atoms with van der Waals surface area (Å²) >= 11 is 5.71. The number of aromatic nitrogens is 2. The van der Waals surface area contributed by atoms with Crippen LogP contribution in [-0.4, -0.2) is 16.9 Å². The van der Waals surface area contributed by atoms with E-state index in [2.05, 4.69) is 5.10 Å². The smallest absolute Gasteiger partial charge is 0.434 e. The predicted molar refractivity (Wildman–Crippen MR) is 69.6 cm³/mol. The minimum Gasteiger partial charge on any atom is -0.495 e. The van der Waals surface area contributed by atoms with Gasteiger partial charge >= 0.3 is 6.18 Å². The Morgan fingerprint density at radius 1 is 1.33 bits per heavy atom. The van der Waals surface area contributed by atoms with Gasteiger partial charge in [-0.15, -0.1) is 0 Å². The fourth-order valence-corrected chi connectivity index (χ4v) is 2.27. The number of aryl methyl sites for hydroxylation is 1. The average Bonchev–Trinajstić information content (AvgIpc) is 2.64. The van der Waals surface area contributed by atoms with E-state index in [-0.39, 0.29) is 22.7 Å². The molecule has 2 N–H and O–H groups in total. The molecule has 1 heterocycles. The van der Waals surface area contributed by atoms with E-state index in [1.807, 2.05) is 0 Å². The summed E-state index contributed by atoms with van der Waals surface area (Å²) in [5, 5.41) is 2.96.